The quantitative estimate of drug-likeness (QED) is 0.764. The zero-order chi connectivity index (χ0) is 12.8. The van der Waals surface area contributed by atoms with E-state index < -0.39 is 0 Å². The second-order valence-corrected chi connectivity index (χ2v) is 4.17. The van der Waals surface area contributed by atoms with E-state index in [-0.39, 0.29) is 5.91 Å². The van der Waals surface area contributed by atoms with Crippen LogP contribution in [0.5, 0.6) is 0 Å². The van der Waals surface area contributed by atoms with Gasteiger partial charge in [-0.05, 0) is 49.9 Å². The maximum absolute atomic E-state index is 12.2. The molecule has 0 spiro atoms. The van der Waals surface area contributed by atoms with Crippen molar-refractivity contribution in [1.29, 1.82) is 0 Å². The van der Waals surface area contributed by atoms with Crippen molar-refractivity contribution < 1.29 is 4.79 Å². The van der Waals surface area contributed by atoms with E-state index in [0.29, 0.717) is 0 Å². The second kappa shape index (κ2) is 6.43. The van der Waals surface area contributed by atoms with Gasteiger partial charge < -0.3 is 4.90 Å². The van der Waals surface area contributed by atoms with Gasteiger partial charge in [0.15, 0.2) is 0 Å². The summed E-state index contributed by atoms with van der Waals surface area (Å²) in [5.41, 5.74) is 3.47. The number of nitrogens with zero attached hydrogens (tertiary/aromatic N) is 1. The van der Waals surface area contributed by atoms with Crippen molar-refractivity contribution in [2.75, 3.05) is 13.1 Å². The first-order valence-electron chi connectivity index (χ1n) is 6.58. The van der Waals surface area contributed by atoms with Crippen molar-refractivity contribution in [2.24, 2.45) is 0 Å². The number of benzene rings is 1. The fourth-order valence-corrected chi connectivity index (χ4v) is 2.13. The van der Waals surface area contributed by atoms with Crippen LogP contribution in [0.1, 0.15) is 49.2 Å². The van der Waals surface area contributed by atoms with Crippen LogP contribution in [-0.2, 0) is 12.8 Å². The molecule has 94 valence electrons. The predicted octanol–water partition coefficient (Wildman–Crippen LogP) is 3.29. The van der Waals surface area contributed by atoms with Gasteiger partial charge in [-0.15, -0.1) is 0 Å². The van der Waals surface area contributed by atoms with Crippen LogP contribution in [0.3, 0.4) is 0 Å². The summed E-state index contributed by atoms with van der Waals surface area (Å²) in [5, 5.41) is 0. The Balaban J connectivity index is 3.03. The molecule has 0 aliphatic carbocycles. The molecule has 0 saturated carbocycles. The van der Waals surface area contributed by atoms with Crippen LogP contribution in [0.25, 0.3) is 0 Å². The lowest BCUT2D eigenvalue weighted by Crippen LogP contribution is -2.30. The van der Waals surface area contributed by atoms with E-state index in [2.05, 4.69) is 26.0 Å². The summed E-state index contributed by atoms with van der Waals surface area (Å²) in [6, 6.07) is 6.10. The van der Waals surface area contributed by atoms with Gasteiger partial charge in [-0.1, -0.05) is 19.9 Å². The highest BCUT2D eigenvalue weighted by Crippen LogP contribution is 2.15. The van der Waals surface area contributed by atoms with E-state index in [1.54, 1.807) is 0 Å². The minimum Gasteiger partial charge on any atom is -0.339 e. The van der Waals surface area contributed by atoms with Crippen molar-refractivity contribution in [3.05, 3.63) is 34.9 Å². The molecule has 1 rings (SSSR count). The minimum atomic E-state index is 0.146. The molecule has 0 N–H and O–H groups in total. The molecule has 0 bridgehead atoms. The smallest absolute Gasteiger partial charge is 0.253 e. The van der Waals surface area contributed by atoms with Crippen molar-refractivity contribution >= 4 is 5.91 Å². The Bertz CT molecular complexity index is 381. The standard InChI is InChI=1S/C15H23NO/c1-5-12-9-10-14(11-13(12)6-2)15(17)16(7-3)8-4/h9-11H,5-8H2,1-4H3. The predicted molar refractivity (Wildman–Crippen MR) is 72.4 cm³/mol. The lowest BCUT2D eigenvalue weighted by atomic mass is 9.99. The van der Waals surface area contributed by atoms with Crippen molar-refractivity contribution in [3.63, 3.8) is 0 Å². The number of hydrogen-bond acceptors (Lipinski definition) is 1. The molecule has 0 atom stereocenters. The number of aryl methyl sites for hydroxylation is 2. The summed E-state index contributed by atoms with van der Waals surface area (Å²) in [6.07, 6.45) is 2.02. The highest BCUT2D eigenvalue weighted by molar-refractivity contribution is 5.94. The average molecular weight is 233 g/mol. The monoisotopic (exact) mass is 233 g/mol. The van der Waals surface area contributed by atoms with Crippen molar-refractivity contribution in [3.8, 4) is 0 Å². The fraction of sp³-hybridized carbons (Fsp3) is 0.533. The molecule has 0 aliphatic rings. The molecule has 1 amide bonds. The summed E-state index contributed by atoms with van der Waals surface area (Å²) in [6.45, 7) is 9.87. The van der Waals surface area contributed by atoms with Gasteiger partial charge in [-0.2, -0.15) is 0 Å². The summed E-state index contributed by atoms with van der Waals surface area (Å²) in [7, 11) is 0. The Morgan fingerprint density at radius 3 is 2.06 bits per heavy atom. The molecular weight excluding hydrogens is 210 g/mol. The minimum absolute atomic E-state index is 0.146. The largest absolute Gasteiger partial charge is 0.339 e. The van der Waals surface area contributed by atoms with E-state index in [4.69, 9.17) is 0 Å². The van der Waals surface area contributed by atoms with Gasteiger partial charge in [0, 0.05) is 18.7 Å². The molecule has 1 aromatic rings. The second-order valence-electron chi connectivity index (χ2n) is 4.17. The van der Waals surface area contributed by atoms with Crippen molar-refractivity contribution in [2.45, 2.75) is 40.5 Å². The Morgan fingerprint density at radius 2 is 1.59 bits per heavy atom. The van der Waals surface area contributed by atoms with E-state index >= 15 is 0 Å². The molecule has 0 fully saturated rings. The van der Waals surface area contributed by atoms with Crippen LogP contribution in [0.2, 0.25) is 0 Å². The number of amides is 1. The topological polar surface area (TPSA) is 20.3 Å². The van der Waals surface area contributed by atoms with Crippen LogP contribution in [-0.4, -0.2) is 23.9 Å². The van der Waals surface area contributed by atoms with Crippen LogP contribution in [0.15, 0.2) is 18.2 Å². The Kier molecular flexibility index (Phi) is 5.20. The molecule has 2 heteroatoms. The Morgan fingerprint density at radius 1 is 1.00 bits per heavy atom. The number of carbonyl (C=O) groups is 1. The van der Waals surface area contributed by atoms with Crippen LogP contribution < -0.4 is 0 Å². The Hall–Kier alpha value is -1.31. The zero-order valence-corrected chi connectivity index (χ0v) is 11.4. The molecule has 1 aromatic carbocycles. The van der Waals surface area contributed by atoms with E-state index in [1.165, 1.54) is 11.1 Å². The van der Waals surface area contributed by atoms with Crippen LogP contribution in [0.4, 0.5) is 0 Å². The maximum Gasteiger partial charge on any atom is 0.253 e. The first-order chi connectivity index (χ1) is 8.17. The molecule has 0 saturated heterocycles. The van der Waals surface area contributed by atoms with Gasteiger partial charge in [0.05, 0.1) is 0 Å². The van der Waals surface area contributed by atoms with E-state index in [9.17, 15) is 4.79 Å². The van der Waals surface area contributed by atoms with E-state index in [1.807, 2.05) is 24.8 Å². The SMILES string of the molecule is CCc1ccc(C(=O)N(CC)CC)cc1CC. The van der Waals surface area contributed by atoms with Crippen LogP contribution >= 0.6 is 0 Å². The average Bonchev–Trinajstić information content (AvgIpc) is 2.39. The molecule has 0 unspecified atom stereocenters. The third-order valence-corrected chi connectivity index (χ3v) is 3.27. The van der Waals surface area contributed by atoms with Gasteiger partial charge >= 0.3 is 0 Å². The summed E-state index contributed by atoms with van der Waals surface area (Å²) in [4.78, 5) is 14.1. The van der Waals surface area contributed by atoms with Gasteiger partial charge in [0.2, 0.25) is 0 Å². The molecular formula is C15H23NO. The third kappa shape index (κ3) is 3.09. The number of hydrogen-bond donors (Lipinski definition) is 0. The molecule has 0 aliphatic heterocycles. The molecule has 0 radical (unpaired) electrons. The highest BCUT2D eigenvalue weighted by atomic mass is 16.2. The van der Waals surface area contributed by atoms with Crippen LogP contribution in [0, 0.1) is 0 Å². The molecule has 0 aromatic heterocycles. The fourth-order valence-electron chi connectivity index (χ4n) is 2.13. The van der Waals surface area contributed by atoms with Gasteiger partial charge in [-0.3, -0.25) is 4.79 Å². The van der Waals surface area contributed by atoms with Gasteiger partial charge in [-0.25, -0.2) is 0 Å². The number of rotatable bonds is 5. The number of carbonyl (C=O) groups excluding carboxylic acids is 1. The zero-order valence-electron chi connectivity index (χ0n) is 11.4. The normalized spacial score (nSPS) is 10.4. The third-order valence-electron chi connectivity index (χ3n) is 3.27. The first-order valence-corrected chi connectivity index (χ1v) is 6.58. The highest BCUT2D eigenvalue weighted by Gasteiger charge is 2.13. The summed E-state index contributed by atoms with van der Waals surface area (Å²) in [5.74, 6) is 0.146. The molecule has 2 nitrogen and oxygen atoms in total. The lowest BCUT2D eigenvalue weighted by Gasteiger charge is -2.19. The Labute approximate surface area is 105 Å². The first kappa shape index (κ1) is 13.8. The van der Waals surface area contributed by atoms with Gasteiger partial charge in [0.25, 0.3) is 5.91 Å². The lowest BCUT2D eigenvalue weighted by molar-refractivity contribution is 0.0773. The molecule has 0 heterocycles. The summed E-state index contributed by atoms with van der Waals surface area (Å²) >= 11 is 0. The van der Waals surface area contributed by atoms with E-state index in [0.717, 1.165) is 31.5 Å². The maximum atomic E-state index is 12.2. The van der Waals surface area contributed by atoms with Gasteiger partial charge in [0.1, 0.15) is 0 Å². The van der Waals surface area contributed by atoms with Crippen molar-refractivity contribution in [1.82, 2.24) is 4.90 Å². The molecule has 17 heavy (non-hydrogen) atoms. The summed E-state index contributed by atoms with van der Waals surface area (Å²) < 4.78 is 0.